The molecule has 2 N–H and O–H groups in total. The summed E-state index contributed by atoms with van der Waals surface area (Å²) in [6.45, 7) is 1.41. The molecule has 2 aromatic carbocycles. The third kappa shape index (κ3) is 6.06. The van der Waals surface area contributed by atoms with Gasteiger partial charge < -0.3 is 19.8 Å². The van der Waals surface area contributed by atoms with Crippen LogP contribution in [-0.4, -0.2) is 40.8 Å². The number of carbonyl (C=O) groups is 3. The molecule has 2 amide bonds. The average molecular weight is 461 g/mol. The summed E-state index contributed by atoms with van der Waals surface area (Å²) in [5.41, 5.74) is 1.78. The van der Waals surface area contributed by atoms with Crippen molar-refractivity contribution in [2.45, 2.75) is 12.1 Å². The van der Waals surface area contributed by atoms with E-state index in [4.69, 9.17) is 16.0 Å². The number of anilines is 2. The van der Waals surface area contributed by atoms with Gasteiger partial charge in [-0.25, -0.2) is 4.79 Å². The lowest BCUT2D eigenvalue weighted by molar-refractivity contribution is -0.114. The van der Waals surface area contributed by atoms with E-state index in [1.54, 1.807) is 24.3 Å². The zero-order chi connectivity index (χ0) is 22.4. The van der Waals surface area contributed by atoms with E-state index in [1.165, 1.54) is 32.2 Å². The Morgan fingerprint density at radius 1 is 1.13 bits per heavy atom. The second-order valence-electron chi connectivity index (χ2n) is 6.16. The standard InChI is InChI=1S/C20H17ClN4O5S/c1-11(26)22-14-5-3-4-12(8-14)18-24-25-20(30-18)31-10-17(27)23-16-9-13(19(28)29-2)6-7-15(16)21/h3-9H,10H2,1-2H3,(H,22,26)(H,23,27). The summed E-state index contributed by atoms with van der Waals surface area (Å²) in [6.07, 6.45) is 0. The van der Waals surface area contributed by atoms with Gasteiger partial charge in [-0.3, -0.25) is 9.59 Å². The molecule has 160 valence electrons. The first-order chi connectivity index (χ1) is 14.9. The molecular formula is C20H17ClN4O5S. The molecule has 0 saturated heterocycles. The molecular weight excluding hydrogens is 444 g/mol. The Labute approximate surface area is 186 Å². The topological polar surface area (TPSA) is 123 Å². The summed E-state index contributed by atoms with van der Waals surface area (Å²) in [5, 5.41) is 13.7. The van der Waals surface area contributed by atoms with Crippen LogP contribution in [0.5, 0.6) is 0 Å². The third-order valence-corrected chi connectivity index (χ3v) is 4.97. The van der Waals surface area contributed by atoms with Crippen LogP contribution in [0.25, 0.3) is 11.5 Å². The van der Waals surface area contributed by atoms with Gasteiger partial charge in [-0.2, -0.15) is 0 Å². The first kappa shape index (κ1) is 22.3. The number of carbonyl (C=O) groups excluding carboxylic acids is 3. The van der Waals surface area contributed by atoms with Crippen molar-refractivity contribution < 1.29 is 23.5 Å². The minimum absolute atomic E-state index is 0.0215. The lowest BCUT2D eigenvalue weighted by atomic mass is 10.2. The Kier molecular flexibility index (Phi) is 7.27. The molecule has 0 spiro atoms. The van der Waals surface area contributed by atoms with Gasteiger partial charge in [0.05, 0.1) is 29.1 Å². The molecule has 0 aliphatic heterocycles. The molecule has 0 aliphatic rings. The first-order valence-corrected chi connectivity index (χ1v) is 10.2. The highest BCUT2D eigenvalue weighted by molar-refractivity contribution is 7.99. The van der Waals surface area contributed by atoms with E-state index in [1.807, 2.05) is 0 Å². The molecule has 31 heavy (non-hydrogen) atoms. The summed E-state index contributed by atoms with van der Waals surface area (Å²) in [5.74, 6) is -0.873. The fraction of sp³-hybridized carbons (Fsp3) is 0.150. The van der Waals surface area contributed by atoms with Crippen LogP contribution in [-0.2, 0) is 14.3 Å². The van der Waals surface area contributed by atoms with Crippen molar-refractivity contribution in [1.29, 1.82) is 0 Å². The second kappa shape index (κ2) is 10.1. The number of halogens is 1. The van der Waals surface area contributed by atoms with Crippen molar-refractivity contribution >= 4 is 52.5 Å². The van der Waals surface area contributed by atoms with Crippen molar-refractivity contribution in [3.8, 4) is 11.5 Å². The maximum absolute atomic E-state index is 12.3. The van der Waals surface area contributed by atoms with Crippen LogP contribution in [0.15, 0.2) is 52.1 Å². The smallest absolute Gasteiger partial charge is 0.337 e. The number of amides is 2. The van der Waals surface area contributed by atoms with Crippen molar-refractivity contribution in [3.05, 3.63) is 53.1 Å². The average Bonchev–Trinajstić information content (AvgIpc) is 3.22. The van der Waals surface area contributed by atoms with Crippen LogP contribution in [0, 0.1) is 0 Å². The van der Waals surface area contributed by atoms with Crippen LogP contribution < -0.4 is 10.6 Å². The molecule has 0 fully saturated rings. The molecule has 11 heteroatoms. The molecule has 1 heterocycles. The van der Waals surface area contributed by atoms with Crippen LogP contribution in [0.4, 0.5) is 11.4 Å². The number of hydrogen-bond donors (Lipinski definition) is 2. The fourth-order valence-corrected chi connectivity index (χ4v) is 3.23. The van der Waals surface area contributed by atoms with E-state index in [0.717, 1.165) is 11.8 Å². The quantitative estimate of drug-likeness (QED) is 0.402. The van der Waals surface area contributed by atoms with Crippen molar-refractivity contribution in [2.24, 2.45) is 0 Å². The van der Waals surface area contributed by atoms with E-state index in [2.05, 4.69) is 25.6 Å². The molecule has 9 nitrogen and oxygen atoms in total. The van der Waals surface area contributed by atoms with Crippen molar-refractivity contribution in [2.75, 3.05) is 23.5 Å². The van der Waals surface area contributed by atoms with Gasteiger partial charge >= 0.3 is 5.97 Å². The largest absolute Gasteiger partial charge is 0.465 e. The number of hydrogen-bond acceptors (Lipinski definition) is 8. The number of nitrogens with zero attached hydrogens (tertiary/aromatic N) is 2. The number of thioether (sulfide) groups is 1. The summed E-state index contributed by atoms with van der Waals surface area (Å²) >= 11 is 7.12. The van der Waals surface area contributed by atoms with E-state index in [0.29, 0.717) is 11.3 Å². The SMILES string of the molecule is COC(=O)c1ccc(Cl)c(NC(=O)CSc2nnc(-c3cccc(NC(C)=O)c3)o2)c1. The molecule has 1 aromatic heterocycles. The molecule has 0 saturated carbocycles. The second-order valence-corrected chi connectivity index (χ2v) is 7.49. The Morgan fingerprint density at radius 2 is 1.94 bits per heavy atom. The molecule has 0 aliphatic carbocycles. The summed E-state index contributed by atoms with van der Waals surface area (Å²) in [4.78, 5) is 35.1. The van der Waals surface area contributed by atoms with Crippen LogP contribution in [0.2, 0.25) is 5.02 Å². The highest BCUT2D eigenvalue weighted by Gasteiger charge is 2.14. The zero-order valence-electron chi connectivity index (χ0n) is 16.5. The Morgan fingerprint density at radius 3 is 2.68 bits per heavy atom. The maximum Gasteiger partial charge on any atom is 0.337 e. The van der Waals surface area contributed by atoms with Gasteiger partial charge in [-0.1, -0.05) is 29.4 Å². The lowest BCUT2D eigenvalue weighted by Gasteiger charge is -2.08. The van der Waals surface area contributed by atoms with E-state index >= 15 is 0 Å². The number of ether oxygens (including phenoxy) is 1. The summed E-state index contributed by atoms with van der Waals surface area (Å²) in [7, 11) is 1.26. The number of methoxy groups -OCH3 is 1. The van der Waals surface area contributed by atoms with Crippen LogP contribution in [0.1, 0.15) is 17.3 Å². The van der Waals surface area contributed by atoms with Gasteiger partial charge in [0.1, 0.15) is 0 Å². The van der Waals surface area contributed by atoms with Gasteiger partial charge in [0.2, 0.25) is 17.7 Å². The van der Waals surface area contributed by atoms with Gasteiger partial charge in [0.15, 0.2) is 0 Å². The highest BCUT2D eigenvalue weighted by atomic mass is 35.5. The molecule has 0 atom stereocenters. The predicted octanol–water partition coefficient (Wildman–Crippen LogP) is 3.87. The van der Waals surface area contributed by atoms with Gasteiger partial charge in [-0.05, 0) is 36.4 Å². The summed E-state index contributed by atoms with van der Waals surface area (Å²) < 4.78 is 10.2. The molecule has 0 unspecified atom stereocenters. The Bertz CT molecular complexity index is 1130. The monoisotopic (exact) mass is 460 g/mol. The molecule has 0 bridgehead atoms. The molecule has 3 aromatic rings. The normalized spacial score (nSPS) is 10.4. The van der Waals surface area contributed by atoms with E-state index in [9.17, 15) is 14.4 Å². The van der Waals surface area contributed by atoms with E-state index in [-0.39, 0.29) is 45.0 Å². The van der Waals surface area contributed by atoms with Crippen molar-refractivity contribution in [3.63, 3.8) is 0 Å². The van der Waals surface area contributed by atoms with Gasteiger partial charge in [0, 0.05) is 18.2 Å². The minimum atomic E-state index is -0.539. The highest BCUT2D eigenvalue weighted by Crippen LogP contribution is 2.27. The number of rotatable bonds is 7. The van der Waals surface area contributed by atoms with Crippen LogP contribution >= 0.6 is 23.4 Å². The maximum atomic E-state index is 12.3. The Balaban J connectivity index is 1.62. The van der Waals surface area contributed by atoms with E-state index < -0.39 is 5.97 Å². The van der Waals surface area contributed by atoms with Gasteiger partial charge in [-0.15, -0.1) is 10.2 Å². The fourth-order valence-electron chi connectivity index (χ4n) is 2.50. The number of benzene rings is 2. The minimum Gasteiger partial charge on any atom is -0.465 e. The lowest BCUT2D eigenvalue weighted by Crippen LogP contribution is -2.15. The summed E-state index contributed by atoms with van der Waals surface area (Å²) in [6, 6.07) is 11.4. The van der Waals surface area contributed by atoms with Gasteiger partial charge in [0.25, 0.3) is 5.22 Å². The number of aromatic nitrogens is 2. The molecule has 3 rings (SSSR count). The number of nitrogens with one attached hydrogen (secondary N) is 2. The first-order valence-electron chi connectivity index (χ1n) is 8.87. The van der Waals surface area contributed by atoms with Crippen molar-refractivity contribution in [1.82, 2.24) is 10.2 Å². The zero-order valence-corrected chi connectivity index (χ0v) is 18.0. The third-order valence-electron chi connectivity index (χ3n) is 3.82. The Hall–Kier alpha value is -3.37. The number of esters is 1. The predicted molar refractivity (Wildman–Crippen MR) is 116 cm³/mol. The van der Waals surface area contributed by atoms with Crippen LogP contribution in [0.3, 0.4) is 0 Å². The molecule has 0 radical (unpaired) electrons.